The maximum absolute atomic E-state index is 5.42. The van der Waals surface area contributed by atoms with Crippen LogP contribution in [-0.2, 0) is 0 Å². The van der Waals surface area contributed by atoms with Gasteiger partial charge in [0, 0.05) is 11.3 Å². The molecule has 0 atom stereocenters. The fourth-order valence-corrected chi connectivity index (χ4v) is 2.76. The van der Waals surface area contributed by atoms with Crippen LogP contribution in [0.5, 0.6) is 0 Å². The van der Waals surface area contributed by atoms with E-state index in [-0.39, 0.29) is 0 Å². The number of aryl methyl sites for hydroxylation is 2. The summed E-state index contributed by atoms with van der Waals surface area (Å²) in [7, 11) is 0. The number of aromatic nitrogens is 3. The van der Waals surface area contributed by atoms with Crippen LogP contribution in [-0.4, -0.2) is 15.1 Å². The van der Waals surface area contributed by atoms with Gasteiger partial charge in [0.05, 0.1) is 0 Å². The number of fused-ring (bicyclic) bond motifs is 1. The molecule has 0 saturated carbocycles. The van der Waals surface area contributed by atoms with E-state index in [2.05, 4.69) is 39.5 Å². The molecule has 2 aromatic carbocycles. The van der Waals surface area contributed by atoms with Crippen molar-refractivity contribution < 1.29 is 4.52 Å². The molecule has 0 unspecified atom stereocenters. The van der Waals surface area contributed by atoms with Gasteiger partial charge >= 0.3 is 0 Å². The molecule has 1 N–H and O–H groups in total. The van der Waals surface area contributed by atoms with Crippen molar-refractivity contribution in [2.45, 2.75) is 13.8 Å². The minimum Gasteiger partial charge on any atom is -0.339 e. The third-order valence-corrected chi connectivity index (χ3v) is 3.95. The maximum Gasteiger partial charge on any atom is 0.263 e. The molecule has 0 amide bonds. The summed E-state index contributed by atoms with van der Waals surface area (Å²) in [6.07, 6.45) is 1.48. The van der Waals surface area contributed by atoms with Gasteiger partial charge in [0.2, 0.25) is 0 Å². The van der Waals surface area contributed by atoms with Crippen LogP contribution in [0.15, 0.2) is 59.4 Å². The first-order chi connectivity index (χ1) is 11.7. The van der Waals surface area contributed by atoms with E-state index in [9.17, 15) is 0 Å². The average Bonchev–Trinajstić information content (AvgIpc) is 3.00. The summed E-state index contributed by atoms with van der Waals surface area (Å²) >= 11 is 0. The van der Waals surface area contributed by atoms with E-state index in [0.29, 0.717) is 11.5 Å². The molecule has 0 aliphatic rings. The zero-order chi connectivity index (χ0) is 16.5. The Morgan fingerprint density at radius 2 is 1.83 bits per heavy atom. The first-order valence-corrected chi connectivity index (χ1v) is 7.72. The Bertz CT molecular complexity index is 1020. The summed E-state index contributed by atoms with van der Waals surface area (Å²) in [4.78, 5) is 8.59. The highest BCUT2D eigenvalue weighted by atomic mass is 16.5. The first kappa shape index (κ1) is 14.4. The zero-order valence-corrected chi connectivity index (χ0v) is 13.4. The highest BCUT2D eigenvalue weighted by Gasteiger charge is 2.18. The van der Waals surface area contributed by atoms with Crippen LogP contribution < -0.4 is 5.32 Å². The van der Waals surface area contributed by atoms with Gasteiger partial charge < -0.3 is 9.84 Å². The van der Waals surface area contributed by atoms with E-state index in [4.69, 9.17) is 4.52 Å². The smallest absolute Gasteiger partial charge is 0.263 e. The number of anilines is 2. The Morgan fingerprint density at radius 3 is 2.67 bits per heavy atom. The van der Waals surface area contributed by atoms with Gasteiger partial charge in [-0.2, -0.15) is 4.98 Å². The summed E-state index contributed by atoms with van der Waals surface area (Å²) in [5.74, 6) is 0.685. The molecular formula is C19H16N4O. The largest absolute Gasteiger partial charge is 0.339 e. The Hall–Kier alpha value is -3.21. The zero-order valence-electron chi connectivity index (χ0n) is 13.4. The van der Waals surface area contributed by atoms with Gasteiger partial charge in [-0.25, -0.2) is 4.98 Å². The van der Waals surface area contributed by atoms with Crippen LogP contribution in [0.2, 0.25) is 0 Å². The molecule has 5 heteroatoms. The molecule has 2 aromatic heterocycles. The fraction of sp³-hybridized carbons (Fsp3) is 0.105. The number of hydrogen-bond acceptors (Lipinski definition) is 5. The molecular weight excluding hydrogens is 300 g/mol. The number of benzene rings is 2. The molecule has 0 spiro atoms. The van der Waals surface area contributed by atoms with Crippen molar-refractivity contribution in [1.82, 2.24) is 15.1 Å². The van der Waals surface area contributed by atoms with Gasteiger partial charge in [-0.05, 0) is 37.1 Å². The normalized spacial score (nSPS) is 10.9. The molecule has 24 heavy (non-hydrogen) atoms. The molecule has 118 valence electrons. The van der Waals surface area contributed by atoms with Crippen LogP contribution in [0.25, 0.3) is 22.4 Å². The van der Waals surface area contributed by atoms with Crippen molar-refractivity contribution in [3.05, 3.63) is 66.0 Å². The van der Waals surface area contributed by atoms with Crippen LogP contribution in [0.1, 0.15) is 11.1 Å². The van der Waals surface area contributed by atoms with E-state index in [0.717, 1.165) is 27.9 Å². The minimum absolute atomic E-state index is 0.471. The van der Waals surface area contributed by atoms with Gasteiger partial charge in [0.1, 0.15) is 23.2 Å². The summed E-state index contributed by atoms with van der Waals surface area (Å²) in [5.41, 5.74) is 5.50. The Labute approximate surface area is 139 Å². The minimum atomic E-state index is 0.471. The van der Waals surface area contributed by atoms with Crippen LogP contribution in [0, 0.1) is 13.8 Å². The topological polar surface area (TPSA) is 63.8 Å². The third kappa shape index (κ3) is 2.50. The molecule has 0 fully saturated rings. The van der Waals surface area contributed by atoms with Gasteiger partial charge in [0.25, 0.3) is 5.71 Å². The Balaban J connectivity index is 1.88. The lowest BCUT2D eigenvalue weighted by molar-refractivity contribution is 0.451. The number of hydrogen-bond donors (Lipinski definition) is 1. The van der Waals surface area contributed by atoms with Crippen molar-refractivity contribution in [1.29, 1.82) is 0 Å². The maximum atomic E-state index is 5.42. The fourth-order valence-electron chi connectivity index (χ4n) is 2.76. The van der Waals surface area contributed by atoms with Crippen molar-refractivity contribution in [3.63, 3.8) is 0 Å². The quantitative estimate of drug-likeness (QED) is 0.596. The Kier molecular flexibility index (Phi) is 3.46. The monoisotopic (exact) mass is 316 g/mol. The number of nitrogens with one attached hydrogen (secondary N) is 1. The second-order valence-corrected chi connectivity index (χ2v) is 5.74. The third-order valence-electron chi connectivity index (χ3n) is 3.95. The first-order valence-electron chi connectivity index (χ1n) is 7.72. The van der Waals surface area contributed by atoms with Crippen LogP contribution in [0.4, 0.5) is 11.5 Å². The Morgan fingerprint density at radius 1 is 0.958 bits per heavy atom. The average molecular weight is 316 g/mol. The van der Waals surface area contributed by atoms with E-state index in [1.807, 2.05) is 43.3 Å². The molecule has 0 aliphatic carbocycles. The summed E-state index contributed by atoms with van der Waals surface area (Å²) in [6.45, 7) is 4.10. The highest BCUT2D eigenvalue weighted by molar-refractivity contribution is 5.99. The van der Waals surface area contributed by atoms with Gasteiger partial charge in [-0.3, -0.25) is 0 Å². The highest BCUT2D eigenvalue weighted by Crippen LogP contribution is 2.34. The van der Waals surface area contributed by atoms with Crippen molar-refractivity contribution in [2.75, 3.05) is 5.32 Å². The van der Waals surface area contributed by atoms with Crippen molar-refractivity contribution in [2.24, 2.45) is 0 Å². The van der Waals surface area contributed by atoms with Gasteiger partial charge in [-0.1, -0.05) is 41.6 Å². The van der Waals surface area contributed by atoms with Crippen molar-refractivity contribution >= 4 is 22.6 Å². The summed E-state index contributed by atoms with van der Waals surface area (Å²) < 4.78 is 5.42. The predicted octanol–water partition coefficient (Wildman–Crippen LogP) is 4.65. The van der Waals surface area contributed by atoms with Gasteiger partial charge in [0.15, 0.2) is 0 Å². The summed E-state index contributed by atoms with van der Waals surface area (Å²) in [5, 5.41) is 8.37. The molecule has 4 aromatic rings. The lowest BCUT2D eigenvalue weighted by Gasteiger charge is -2.08. The van der Waals surface area contributed by atoms with Crippen LogP contribution in [0.3, 0.4) is 0 Å². The SMILES string of the molecule is Cc1cccc(Nc2ncnc3onc(-c4ccccc4C)c23)c1. The van der Waals surface area contributed by atoms with Gasteiger partial charge in [-0.15, -0.1) is 0 Å². The molecule has 2 heterocycles. The molecule has 0 radical (unpaired) electrons. The van der Waals surface area contributed by atoms with E-state index >= 15 is 0 Å². The molecule has 5 nitrogen and oxygen atoms in total. The van der Waals surface area contributed by atoms with E-state index in [1.165, 1.54) is 11.9 Å². The second kappa shape index (κ2) is 5.77. The molecule has 0 saturated heterocycles. The predicted molar refractivity (Wildman–Crippen MR) is 94.2 cm³/mol. The van der Waals surface area contributed by atoms with Crippen molar-refractivity contribution in [3.8, 4) is 11.3 Å². The molecule has 4 rings (SSSR count). The second-order valence-electron chi connectivity index (χ2n) is 5.74. The number of nitrogens with zero attached hydrogens (tertiary/aromatic N) is 3. The van der Waals surface area contributed by atoms with Crippen LogP contribution >= 0.6 is 0 Å². The molecule has 0 aliphatic heterocycles. The lowest BCUT2D eigenvalue weighted by atomic mass is 10.0. The number of rotatable bonds is 3. The summed E-state index contributed by atoms with van der Waals surface area (Å²) in [6, 6.07) is 16.2. The van der Waals surface area contributed by atoms with E-state index in [1.54, 1.807) is 0 Å². The lowest BCUT2D eigenvalue weighted by Crippen LogP contribution is -1.96. The molecule has 0 bridgehead atoms. The van der Waals surface area contributed by atoms with E-state index < -0.39 is 0 Å². The standard InChI is InChI=1S/C19H16N4O/c1-12-6-5-8-14(10-12)22-18-16-17(15-9-4-3-7-13(15)2)23-24-19(16)21-11-20-18/h3-11H,1-2H3,(H,20,21,22).